The lowest BCUT2D eigenvalue weighted by molar-refractivity contribution is -0.808. The standard InChI is InChI=1S/C11H16N4O3/c1-7-10(2,3)15(17)11(12-7)6-4-5-8-9(11)13-18-14(8)16/h17H,4-6H2,1-3H3/t11-/m0/s1. The molecule has 0 saturated carbocycles. The Morgan fingerprint density at radius 2 is 2.22 bits per heavy atom. The van der Waals surface area contributed by atoms with E-state index < -0.39 is 11.2 Å². The van der Waals surface area contributed by atoms with E-state index in [1.165, 1.54) is 5.06 Å². The molecule has 18 heavy (non-hydrogen) atoms. The first kappa shape index (κ1) is 11.6. The molecule has 1 aliphatic carbocycles. The summed E-state index contributed by atoms with van der Waals surface area (Å²) in [5.74, 6) is 0. The molecule has 2 aliphatic rings. The maximum atomic E-state index is 11.5. The maximum absolute atomic E-state index is 11.5. The summed E-state index contributed by atoms with van der Waals surface area (Å²) in [7, 11) is 0. The van der Waals surface area contributed by atoms with Crippen molar-refractivity contribution in [2.75, 3.05) is 0 Å². The van der Waals surface area contributed by atoms with Gasteiger partial charge in [-0.15, -0.1) is 5.06 Å². The van der Waals surface area contributed by atoms with Gasteiger partial charge in [-0.2, -0.15) is 0 Å². The fraction of sp³-hybridized carbons (Fsp3) is 0.727. The lowest BCUT2D eigenvalue weighted by Crippen LogP contribution is -2.52. The lowest BCUT2D eigenvalue weighted by atomic mass is 9.89. The fourth-order valence-electron chi connectivity index (χ4n) is 2.79. The van der Waals surface area contributed by atoms with Gasteiger partial charge in [0.15, 0.2) is 0 Å². The van der Waals surface area contributed by atoms with Crippen molar-refractivity contribution in [3.63, 3.8) is 0 Å². The van der Waals surface area contributed by atoms with Gasteiger partial charge in [0.25, 0.3) is 5.69 Å². The smallest absolute Gasteiger partial charge is 0.265 e. The number of hydrogen-bond acceptors (Lipinski definition) is 6. The lowest BCUT2D eigenvalue weighted by Gasteiger charge is -2.37. The highest BCUT2D eigenvalue weighted by Gasteiger charge is 2.58. The van der Waals surface area contributed by atoms with Crippen LogP contribution in [0.3, 0.4) is 0 Å². The van der Waals surface area contributed by atoms with Gasteiger partial charge in [0.2, 0.25) is 11.4 Å². The van der Waals surface area contributed by atoms with Gasteiger partial charge in [0.05, 0.1) is 5.54 Å². The first-order valence-corrected chi connectivity index (χ1v) is 6.05. The molecule has 0 saturated heterocycles. The summed E-state index contributed by atoms with van der Waals surface area (Å²) in [6, 6.07) is 0. The zero-order chi connectivity index (χ0) is 13.1. The van der Waals surface area contributed by atoms with Crippen molar-refractivity contribution in [3.8, 4) is 0 Å². The van der Waals surface area contributed by atoms with Gasteiger partial charge in [0.1, 0.15) is 0 Å². The number of aromatic nitrogens is 2. The summed E-state index contributed by atoms with van der Waals surface area (Å²) >= 11 is 0. The van der Waals surface area contributed by atoms with Gasteiger partial charge in [-0.25, -0.2) is 0 Å². The van der Waals surface area contributed by atoms with E-state index in [0.29, 0.717) is 29.1 Å². The zero-order valence-corrected chi connectivity index (χ0v) is 10.7. The molecule has 0 bridgehead atoms. The Morgan fingerprint density at radius 3 is 2.83 bits per heavy atom. The summed E-state index contributed by atoms with van der Waals surface area (Å²) in [6.07, 6.45) is 2.00. The van der Waals surface area contributed by atoms with Crippen molar-refractivity contribution < 1.29 is 14.7 Å². The summed E-state index contributed by atoms with van der Waals surface area (Å²) in [6.45, 7) is 5.65. The second kappa shape index (κ2) is 3.30. The molecular weight excluding hydrogens is 236 g/mol. The van der Waals surface area contributed by atoms with Gasteiger partial charge >= 0.3 is 0 Å². The van der Waals surface area contributed by atoms with E-state index in [1.54, 1.807) is 0 Å². The molecule has 1 aromatic heterocycles. The van der Waals surface area contributed by atoms with Crippen LogP contribution in [0, 0.1) is 5.21 Å². The van der Waals surface area contributed by atoms with E-state index in [4.69, 9.17) is 0 Å². The minimum atomic E-state index is -0.958. The first-order valence-electron chi connectivity index (χ1n) is 6.05. The average molecular weight is 252 g/mol. The second-order valence-electron chi connectivity index (χ2n) is 5.46. The molecule has 1 spiro atoms. The predicted molar refractivity (Wildman–Crippen MR) is 60.9 cm³/mol. The summed E-state index contributed by atoms with van der Waals surface area (Å²) < 4.78 is 4.66. The quantitative estimate of drug-likeness (QED) is 0.688. The monoisotopic (exact) mass is 252 g/mol. The Morgan fingerprint density at radius 1 is 1.50 bits per heavy atom. The van der Waals surface area contributed by atoms with E-state index in [-0.39, 0.29) is 0 Å². The van der Waals surface area contributed by atoms with E-state index in [9.17, 15) is 10.4 Å². The Bertz CT molecular complexity index is 536. The molecular formula is C11H16N4O3. The van der Waals surface area contributed by atoms with Crippen molar-refractivity contribution in [2.24, 2.45) is 4.99 Å². The molecule has 1 aliphatic heterocycles. The number of aliphatic imine (C=N–C) groups is 1. The molecule has 1 N–H and O–H groups in total. The van der Waals surface area contributed by atoms with Gasteiger partial charge < -0.3 is 10.4 Å². The number of rotatable bonds is 0. The molecule has 98 valence electrons. The van der Waals surface area contributed by atoms with Gasteiger partial charge in [-0.05, 0) is 38.5 Å². The molecule has 0 amide bonds. The average Bonchev–Trinajstić information content (AvgIpc) is 2.77. The minimum Gasteiger partial charge on any atom is -0.359 e. The fourth-order valence-corrected chi connectivity index (χ4v) is 2.79. The maximum Gasteiger partial charge on any atom is 0.265 e. The van der Waals surface area contributed by atoms with Crippen LogP contribution in [0.25, 0.3) is 0 Å². The number of fused-ring (bicyclic) bond motifs is 2. The van der Waals surface area contributed by atoms with Crippen LogP contribution in [0.5, 0.6) is 0 Å². The Labute approximate surface area is 104 Å². The number of hydroxylamine groups is 2. The van der Waals surface area contributed by atoms with Crippen LogP contribution in [0.4, 0.5) is 0 Å². The second-order valence-corrected chi connectivity index (χ2v) is 5.46. The third-order valence-corrected chi connectivity index (χ3v) is 4.14. The van der Waals surface area contributed by atoms with Gasteiger partial charge in [-0.1, -0.05) is 0 Å². The van der Waals surface area contributed by atoms with Crippen molar-refractivity contribution in [3.05, 3.63) is 16.6 Å². The van der Waals surface area contributed by atoms with Crippen molar-refractivity contribution in [2.45, 2.75) is 51.2 Å². The van der Waals surface area contributed by atoms with Crippen LogP contribution in [0.15, 0.2) is 9.62 Å². The predicted octanol–water partition coefficient (Wildman–Crippen LogP) is 0.741. The van der Waals surface area contributed by atoms with Crippen LogP contribution in [0.1, 0.15) is 45.0 Å². The third-order valence-electron chi connectivity index (χ3n) is 4.14. The molecule has 7 heteroatoms. The number of hydrogen-bond donors (Lipinski definition) is 1. The third kappa shape index (κ3) is 1.18. The highest BCUT2D eigenvalue weighted by Crippen LogP contribution is 2.46. The van der Waals surface area contributed by atoms with Gasteiger partial charge in [-0.3, -0.25) is 9.62 Å². The van der Waals surface area contributed by atoms with E-state index in [2.05, 4.69) is 14.8 Å². The van der Waals surface area contributed by atoms with E-state index in [0.717, 1.165) is 12.1 Å². The minimum absolute atomic E-state index is 0.417. The first-order chi connectivity index (χ1) is 8.39. The molecule has 7 nitrogen and oxygen atoms in total. The summed E-state index contributed by atoms with van der Waals surface area (Å²) in [5, 5.41) is 27.0. The highest BCUT2D eigenvalue weighted by molar-refractivity contribution is 5.92. The van der Waals surface area contributed by atoms with Crippen molar-refractivity contribution in [1.82, 2.24) is 10.2 Å². The van der Waals surface area contributed by atoms with Gasteiger partial charge in [0, 0.05) is 17.3 Å². The normalized spacial score (nSPS) is 30.6. The summed E-state index contributed by atoms with van der Waals surface area (Å²) in [5.41, 5.74) is 0.200. The van der Waals surface area contributed by atoms with Crippen LogP contribution >= 0.6 is 0 Å². The summed E-state index contributed by atoms with van der Waals surface area (Å²) in [4.78, 5) is 5.00. The Kier molecular flexibility index (Phi) is 2.13. The topological polar surface area (TPSA) is 88.8 Å². The van der Waals surface area contributed by atoms with E-state index in [1.807, 2.05) is 20.8 Å². The Hall–Kier alpha value is -1.47. The molecule has 0 unspecified atom stereocenters. The largest absolute Gasteiger partial charge is 0.359 e. The SMILES string of the molecule is CC1=N[C@@]2(CCCc3c2no[n+]3[O-])N(O)C1(C)C. The molecule has 2 heterocycles. The van der Waals surface area contributed by atoms with Crippen molar-refractivity contribution in [1.29, 1.82) is 0 Å². The molecule has 1 atom stereocenters. The molecule has 0 fully saturated rings. The number of nitrogens with zero attached hydrogens (tertiary/aromatic N) is 4. The molecule has 1 aromatic rings. The van der Waals surface area contributed by atoms with Crippen LogP contribution in [0.2, 0.25) is 0 Å². The zero-order valence-electron chi connectivity index (χ0n) is 10.7. The Balaban J connectivity index is 2.19. The molecule has 0 aromatic carbocycles. The molecule has 0 radical (unpaired) electrons. The highest BCUT2D eigenvalue weighted by atomic mass is 16.8. The van der Waals surface area contributed by atoms with Crippen LogP contribution in [-0.2, 0) is 12.1 Å². The molecule has 3 rings (SSSR count). The van der Waals surface area contributed by atoms with E-state index >= 15 is 0 Å². The van der Waals surface area contributed by atoms with Crippen molar-refractivity contribution >= 4 is 5.71 Å². The van der Waals surface area contributed by atoms with Crippen LogP contribution < -0.4 is 4.90 Å². The van der Waals surface area contributed by atoms with Crippen LogP contribution in [-0.4, -0.2) is 26.7 Å².